The number of likely N-dealkylation sites (N-methyl/N-ethyl adjacent to an activating group) is 1. The van der Waals surface area contributed by atoms with E-state index >= 15 is 0 Å². The van der Waals surface area contributed by atoms with E-state index in [1.807, 2.05) is 6.92 Å². The number of nitrogens with one attached hydrogen (secondary N) is 1. The van der Waals surface area contributed by atoms with E-state index in [-0.39, 0.29) is 17.1 Å². The summed E-state index contributed by atoms with van der Waals surface area (Å²) in [6, 6.07) is 15.4. The lowest BCUT2D eigenvalue weighted by atomic mass is 10.1. The number of carbonyl (C=O) groups excluding carboxylic acids is 2. The molecule has 2 amide bonds. The molecule has 1 unspecified atom stereocenters. The van der Waals surface area contributed by atoms with Gasteiger partial charge in [0.15, 0.2) is 0 Å². The van der Waals surface area contributed by atoms with E-state index < -0.39 is 46.1 Å². The van der Waals surface area contributed by atoms with Crippen molar-refractivity contribution in [3.63, 3.8) is 0 Å². The number of carbonyl (C=O) groups is 2. The molecule has 0 saturated heterocycles. The molecule has 0 radical (unpaired) electrons. The molecule has 3 aromatic carbocycles. The third kappa shape index (κ3) is 6.91. The minimum Gasteiger partial charge on any atom is -0.355 e. The standard InChI is InChI=1S/C27H29F2N3O4S/c1-4-30-27(34)20(3)31(17-21-7-9-22(28)10-8-21)26(33)18-32(24-13-5-19(2)6-14-24)37(35,36)25-15-11-23(29)12-16-25/h5-16,20H,4,17-18H2,1-3H3,(H,30,34). The summed E-state index contributed by atoms with van der Waals surface area (Å²) in [5, 5.41) is 2.67. The van der Waals surface area contributed by atoms with E-state index in [2.05, 4.69) is 5.32 Å². The molecule has 0 aromatic heterocycles. The molecule has 3 aromatic rings. The van der Waals surface area contributed by atoms with Gasteiger partial charge < -0.3 is 10.2 Å². The third-order valence-electron chi connectivity index (χ3n) is 5.79. The van der Waals surface area contributed by atoms with Crippen LogP contribution in [-0.2, 0) is 26.2 Å². The van der Waals surface area contributed by atoms with Crippen molar-refractivity contribution in [2.75, 3.05) is 17.4 Å². The van der Waals surface area contributed by atoms with Crippen molar-refractivity contribution in [2.45, 2.75) is 38.3 Å². The van der Waals surface area contributed by atoms with Gasteiger partial charge >= 0.3 is 0 Å². The normalized spacial score (nSPS) is 12.0. The summed E-state index contributed by atoms with van der Waals surface area (Å²) < 4.78 is 55.1. The molecule has 0 aliphatic rings. The van der Waals surface area contributed by atoms with Gasteiger partial charge in [0.1, 0.15) is 24.2 Å². The Hall–Kier alpha value is -3.79. The van der Waals surface area contributed by atoms with Crippen LogP contribution in [0.4, 0.5) is 14.5 Å². The molecule has 1 atom stereocenters. The fourth-order valence-corrected chi connectivity index (χ4v) is 5.08. The van der Waals surface area contributed by atoms with Gasteiger partial charge in [0.2, 0.25) is 11.8 Å². The average molecular weight is 530 g/mol. The van der Waals surface area contributed by atoms with Crippen LogP contribution in [0.3, 0.4) is 0 Å². The lowest BCUT2D eigenvalue weighted by Crippen LogP contribution is -2.51. The van der Waals surface area contributed by atoms with Crippen LogP contribution in [0.1, 0.15) is 25.0 Å². The Bertz CT molecular complexity index is 1330. The molecule has 3 rings (SSSR count). The van der Waals surface area contributed by atoms with Crippen molar-refractivity contribution < 1.29 is 26.8 Å². The van der Waals surface area contributed by atoms with Gasteiger partial charge in [-0.1, -0.05) is 29.8 Å². The molecule has 0 saturated carbocycles. The third-order valence-corrected chi connectivity index (χ3v) is 7.58. The molecular weight excluding hydrogens is 500 g/mol. The molecular formula is C27H29F2N3O4S. The van der Waals surface area contributed by atoms with Crippen molar-refractivity contribution in [1.82, 2.24) is 10.2 Å². The fraction of sp³-hybridized carbons (Fsp3) is 0.259. The van der Waals surface area contributed by atoms with Gasteiger partial charge in [-0.2, -0.15) is 0 Å². The Balaban J connectivity index is 2.01. The maximum absolute atomic E-state index is 13.7. The second-order valence-electron chi connectivity index (χ2n) is 8.52. The second-order valence-corrected chi connectivity index (χ2v) is 10.4. The average Bonchev–Trinajstić information content (AvgIpc) is 2.87. The first-order chi connectivity index (χ1) is 17.5. The molecule has 0 heterocycles. The maximum Gasteiger partial charge on any atom is 0.264 e. The number of rotatable bonds is 10. The highest BCUT2D eigenvalue weighted by atomic mass is 32.2. The number of hydrogen-bond donors (Lipinski definition) is 1. The van der Waals surface area contributed by atoms with Crippen LogP contribution in [0.15, 0.2) is 77.7 Å². The minimum atomic E-state index is -4.28. The van der Waals surface area contributed by atoms with E-state index in [1.54, 1.807) is 31.2 Å². The summed E-state index contributed by atoms with van der Waals surface area (Å²) in [6.45, 7) is 4.80. The first-order valence-corrected chi connectivity index (χ1v) is 13.1. The molecule has 37 heavy (non-hydrogen) atoms. The smallest absolute Gasteiger partial charge is 0.264 e. The number of nitrogens with zero attached hydrogens (tertiary/aromatic N) is 2. The van der Waals surface area contributed by atoms with Crippen LogP contribution in [0.2, 0.25) is 0 Å². The van der Waals surface area contributed by atoms with Crippen molar-refractivity contribution in [2.24, 2.45) is 0 Å². The highest BCUT2D eigenvalue weighted by Crippen LogP contribution is 2.25. The number of amides is 2. The predicted octanol–water partition coefficient (Wildman–Crippen LogP) is 4.02. The predicted molar refractivity (Wildman–Crippen MR) is 137 cm³/mol. The highest BCUT2D eigenvalue weighted by molar-refractivity contribution is 7.92. The van der Waals surface area contributed by atoms with Crippen LogP contribution in [0, 0.1) is 18.6 Å². The Morgan fingerprint density at radius 1 is 0.892 bits per heavy atom. The van der Waals surface area contributed by atoms with Gasteiger partial charge in [0.25, 0.3) is 10.0 Å². The number of hydrogen-bond acceptors (Lipinski definition) is 4. The van der Waals surface area contributed by atoms with Crippen molar-refractivity contribution in [3.8, 4) is 0 Å². The molecule has 0 spiro atoms. The lowest BCUT2D eigenvalue weighted by Gasteiger charge is -2.32. The number of anilines is 1. The first-order valence-electron chi connectivity index (χ1n) is 11.7. The Kier molecular flexibility index (Phi) is 8.99. The van der Waals surface area contributed by atoms with Crippen molar-refractivity contribution in [3.05, 3.63) is 95.6 Å². The van der Waals surface area contributed by atoms with Crippen LogP contribution in [-0.4, -0.2) is 44.3 Å². The van der Waals surface area contributed by atoms with Gasteiger partial charge in [0, 0.05) is 13.1 Å². The van der Waals surface area contributed by atoms with Crippen molar-refractivity contribution in [1.29, 1.82) is 0 Å². The van der Waals surface area contributed by atoms with E-state index in [0.29, 0.717) is 12.1 Å². The van der Waals surface area contributed by atoms with E-state index in [9.17, 15) is 26.8 Å². The molecule has 7 nitrogen and oxygen atoms in total. The van der Waals surface area contributed by atoms with Crippen LogP contribution in [0.5, 0.6) is 0 Å². The Morgan fingerprint density at radius 3 is 1.97 bits per heavy atom. The molecule has 0 bridgehead atoms. The number of halogens is 2. The zero-order valence-electron chi connectivity index (χ0n) is 20.8. The van der Waals surface area contributed by atoms with Crippen molar-refractivity contribution >= 4 is 27.5 Å². The fourth-order valence-electron chi connectivity index (χ4n) is 3.66. The van der Waals surface area contributed by atoms with Gasteiger partial charge in [-0.25, -0.2) is 17.2 Å². The van der Waals surface area contributed by atoms with E-state index in [0.717, 1.165) is 34.1 Å². The number of sulfonamides is 1. The molecule has 0 fully saturated rings. The first kappa shape index (κ1) is 27.8. The zero-order chi connectivity index (χ0) is 27.2. The van der Waals surface area contributed by atoms with E-state index in [4.69, 9.17) is 0 Å². The molecule has 0 aliphatic carbocycles. The minimum absolute atomic E-state index is 0.0459. The summed E-state index contributed by atoms with van der Waals surface area (Å²) >= 11 is 0. The van der Waals surface area contributed by atoms with Crippen LogP contribution < -0.4 is 9.62 Å². The Labute approximate surface area is 215 Å². The lowest BCUT2D eigenvalue weighted by molar-refractivity contribution is -0.139. The topological polar surface area (TPSA) is 86.8 Å². The van der Waals surface area contributed by atoms with Gasteiger partial charge in [-0.15, -0.1) is 0 Å². The monoisotopic (exact) mass is 529 g/mol. The molecule has 196 valence electrons. The molecule has 1 N–H and O–H groups in total. The summed E-state index contributed by atoms with van der Waals surface area (Å²) in [6.07, 6.45) is 0. The number of benzene rings is 3. The number of aryl methyl sites for hydroxylation is 1. The summed E-state index contributed by atoms with van der Waals surface area (Å²) in [7, 11) is -4.28. The Morgan fingerprint density at radius 2 is 1.43 bits per heavy atom. The second kappa shape index (κ2) is 12.0. The highest BCUT2D eigenvalue weighted by Gasteiger charge is 2.32. The molecule has 0 aliphatic heterocycles. The van der Waals surface area contributed by atoms with Gasteiger partial charge in [-0.3, -0.25) is 13.9 Å². The van der Waals surface area contributed by atoms with E-state index in [1.165, 1.54) is 36.1 Å². The maximum atomic E-state index is 13.7. The SMILES string of the molecule is CCNC(=O)C(C)N(Cc1ccc(F)cc1)C(=O)CN(c1ccc(C)cc1)S(=O)(=O)c1ccc(F)cc1. The summed E-state index contributed by atoms with van der Waals surface area (Å²) in [5.41, 5.74) is 1.68. The quantitative estimate of drug-likeness (QED) is 0.430. The van der Waals surface area contributed by atoms with Gasteiger partial charge in [-0.05, 0) is 74.9 Å². The van der Waals surface area contributed by atoms with Crippen LogP contribution >= 0.6 is 0 Å². The largest absolute Gasteiger partial charge is 0.355 e. The zero-order valence-corrected chi connectivity index (χ0v) is 21.6. The summed E-state index contributed by atoms with van der Waals surface area (Å²) in [4.78, 5) is 27.4. The van der Waals surface area contributed by atoms with Crippen LogP contribution in [0.25, 0.3) is 0 Å². The van der Waals surface area contributed by atoms with Gasteiger partial charge in [0.05, 0.1) is 10.6 Å². The molecule has 10 heteroatoms. The summed E-state index contributed by atoms with van der Waals surface area (Å²) in [5.74, 6) is -2.11.